The predicted molar refractivity (Wildman–Crippen MR) is 126 cm³/mol. The van der Waals surface area contributed by atoms with Crippen molar-refractivity contribution in [3.63, 3.8) is 0 Å². The van der Waals surface area contributed by atoms with E-state index in [-0.39, 0.29) is 24.1 Å². The van der Waals surface area contributed by atoms with Crippen molar-refractivity contribution >= 4 is 44.4 Å². The van der Waals surface area contributed by atoms with Gasteiger partial charge in [-0.15, -0.1) is 0 Å². The van der Waals surface area contributed by atoms with Gasteiger partial charge in [-0.1, -0.05) is 18.2 Å². The molecule has 0 radical (unpaired) electrons. The Hall–Kier alpha value is -2.99. The maximum atomic E-state index is 13.2. The number of benzene rings is 1. The Morgan fingerprint density at radius 1 is 1.19 bits per heavy atom. The predicted octanol–water partition coefficient (Wildman–Crippen LogP) is 1.79. The third kappa shape index (κ3) is 4.19. The van der Waals surface area contributed by atoms with Crippen LogP contribution in [-0.4, -0.2) is 68.4 Å². The van der Waals surface area contributed by atoms with Crippen LogP contribution in [0.3, 0.4) is 0 Å². The molecule has 32 heavy (non-hydrogen) atoms. The Morgan fingerprint density at radius 3 is 2.62 bits per heavy atom. The minimum absolute atomic E-state index is 0.0935. The molecule has 10 heteroatoms. The van der Waals surface area contributed by atoms with E-state index in [9.17, 15) is 19.6 Å². The number of hydrogen-bond acceptors (Lipinski definition) is 6. The van der Waals surface area contributed by atoms with Crippen LogP contribution in [0.15, 0.2) is 48.8 Å². The zero-order chi connectivity index (χ0) is 22.8. The van der Waals surface area contributed by atoms with E-state index >= 15 is 0 Å². The number of carbonyl (C=O) groups is 3. The van der Waals surface area contributed by atoms with E-state index in [2.05, 4.69) is 4.98 Å². The van der Waals surface area contributed by atoms with Crippen molar-refractivity contribution in [2.75, 3.05) is 26.7 Å². The number of nitrogens with one attached hydrogen (secondary N) is 1. The third-order valence-corrected chi connectivity index (χ3v) is 7.57. The smallest absolute Gasteiger partial charge is 0.295 e. The Morgan fingerprint density at radius 2 is 1.94 bits per heavy atom. The minimum atomic E-state index is -1.10. The zero-order valence-corrected chi connectivity index (χ0v) is 19.7. The molecule has 0 bridgehead atoms. The van der Waals surface area contributed by atoms with Gasteiger partial charge in [0.25, 0.3) is 17.6 Å². The van der Waals surface area contributed by atoms with Crippen LogP contribution in [0.2, 0.25) is 0 Å². The van der Waals surface area contributed by atoms with Gasteiger partial charge in [0.2, 0.25) is 0 Å². The zero-order valence-electron chi connectivity index (χ0n) is 17.6. The summed E-state index contributed by atoms with van der Waals surface area (Å²) in [5.41, 5.74) is 0.786. The Bertz CT molecular complexity index is 1210. The number of ether oxygens (including phenoxy) is 1. The molecule has 0 aliphatic carbocycles. The number of rotatable bonds is 4. The fourth-order valence-corrected chi connectivity index (χ4v) is 5.72. The van der Waals surface area contributed by atoms with Crippen molar-refractivity contribution < 1.29 is 19.1 Å². The molecule has 168 valence electrons. The fourth-order valence-electron chi connectivity index (χ4n) is 3.83. The number of fused-ring (bicyclic) bond motifs is 1. The van der Waals surface area contributed by atoms with Crippen molar-refractivity contribution in [3.8, 4) is 0 Å². The summed E-state index contributed by atoms with van der Waals surface area (Å²) in [7, 11) is 1.45. The van der Waals surface area contributed by atoms with Gasteiger partial charge in [-0.25, -0.2) is 0 Å². The number of Topliss-reactive ketones (excluding diaryl/α,β-unsaturated/α-hetero) is 1. The quantitative estimate of drug-likeness (QED) is 0.270. The molecule has 2 aliphatic heterocycles. The summed E-state index contributed by atoms with van der Waals surface area (Å²) in [5, 5.41) is 12.4. The number of hydroxylamine groups is 1. The van der Waals surface area contributed by atoms with Gasteiger partial charge in [-0.05, 0) is 25.1 Å². The molecule has 0 saturated carbocycles. The normalized spacial score (nSPS) is 18.3. The van der Waals surface area contributed by atoms with E-state index in [0.717, 1.165) is 3.28 Å². The summed E-state index contributed by atoms with van der Waals surface area (Å²) < 4.78 is 6.80. The van der Waals surface area contributed by atoms with Gasteiger partial charge in [-0.3, -0.25) is 14.4 Å². The van der Waals surface area contributed by atoms with E-state index in [1.165, 1.54) is 30.5 Å². The van der Waals surface area contributed by atoms with E-state index in [0.29, 0.717) is 32.9 Å². The number of ketones is 1. The number of hydrogen-bond donors (Lipinski definition) is 1. The van der Waals surface area contributed by atoms with Crippen molar-refractivity contribution in [1.29, 1.82) is 0 Å². The number of nitrogens with zero attached hydrogens (tertiary/aromatic N) is 3. The molecule has 0 spiro atoms. The van der Waals surface area contributed by atoms with E-state index in [1.54, 1.807) is 17.0 Å². The lowest BCUT2D eigenvalue weighted by Crippen LogP contribution is -2.57. The van der Waals surface area contributed by atoms with Crippen LogP contribution in [-0.2, 0) is 9.53 Å². The second kappa shape index (κ2) is 9.25. The lowest BCUT2D eigenvalue weighted by molar-refractivity contribution is -0.130. The molecule has 1 saturated heterocycles. The number of amides is 2. The monoisotopic (exact) mass is 549 g/mol. The maximum Gasteiger partial charge on any atom is 0.295 e. The molecule has 1 aromatic heterocycles. The van der Waals surface area contributed by atoms with Crippen LogP contribution in [0, 0.1) is 8.49 Å². The van der Waals surface area contributed by atoms with Gasteiger partial charge in [0.15, 0.2) is 0 Å². The molecule has 2 amide bonds. The van der Waals surface area contributed by atoms with Gasteiger partial charge < -0.3 is 28.0 Å². The fraction of sp³-hybridized carbons (Fsp3) is 0.273. The van der Waals surface area contributed by atoms with Crippen LogP contribution >= 0.6 is 21.0 Å². The summed E-state index contributed by atoms with van der Waals surface area (Å²) in [6.07, 6.45) is 4.34. The van der Waals surface area contributed by atoms with Gasteiger partial charge >= 0.3 is 0 Å². The highest BCUT2D eigenvalue weighted by molar-refractivity contribution is 14.1. The highest BCUT2D eigenvalue weighted by Crippen LogP contribution is 2.18. The summed E-state index contributed by atoms with van der Waals surface area (Å²) >= 11 is -1.10. The van der Waals surface area contributed by atoms with Crippen LogP contribution in [0.1, 0.15) is 27.6 Å². The maximum absolute atomic E-state index is 13.2. The number of H-pyrrole nitrogens is 1. The topological polar surface area (TPSA) is 109 Å². The first-order chi connectivity index (χ1) is 15.4. The molecule has 4 rings (SSSR count). The first-order valence-electron chi connectivity index (χ1n) is 10.0. The van der Waals surface area contributed by atoms with E-state index in [4.69, 9.17) is 4.74 Å². The van der Waals surface area contributed by atoms with Crippen LogP contribution in [0.5, 0.6) is 0 Å². The average molecular weight is 549 g/mol. The average Bonchev–Trinajstić information content (AvgIpc) is 3.14. The molecular weight excluding hydrogens is 527 g/mol. The van der Waals surface area contributed by atoms with Crippen molar-refractivity contribution in [3.05, 3.63) is 73.6 Å². The first-order valence-corrected chi connectivity index (χ1v) is 12.1. The molecule has 3 heterocycles. The van der Waals surface area contributed by atoms with E-state index < -0.39 is 32.7 Å². The lowest BCUT2D eigenvalue weighted by Gasteiger charge is -2.39. The standard InChI is InChI=1S/C22H22IN4O5/c1-14-13-25(21(29)15-6-4-3-5-7-15)10-11-26(14)22(30)19(28)16-12-24-20-18(16)17(32-2)8-9-27(31)23-20/h3-9,12,14,24H,10-11,13H2,1-2H3/q-1/t14-/m1/s1. The van der Waals surface area contributed by atoms with Gasteiger partial charge in [0.1, 0.15) is 5.76 Å². The highest BCUT2D eigenvalue weighted by Gasteiger charge is 2.34. The van der Waals surface area contributed by atoms with E-state index in [1.807, 2.05) is 25.1 Å². The summed E-state index contributed by atoms with van der Waals surface area (Å²) in [6.45, 7) is 2.77. The minimum Gasteiger partial charge on any atom is -0.750 e. The number of halogens is 1. The van der Waals surface area contributed by atoms with Crippen molar-refractivity contribution in [2.24, 2.45) is 0 Å². The third-order valence-electron chi connectivity index (χ3n) is 5.44. The second-order valence-corrected chi connectivity index (χ2v) is 9.94. The molecule has 1 atom stereocenters. The molecule has 9 nitrogen and oxygen atoms in total. The molecule has 1 fully saturated rings. The van der Waals surface area contributed by atoms with Gasteiger partial charge in [-0.2, -0.15) is 0 Å². The highest BCUT2D eigenvalue weighted by atomic mass is 127. The molecular formula is C22H22IN4O5-. The number of methoxy groups -OCH3 is 1. The van der Waals surface area contributed by atoms with Crippen LogP contribution in [0.25, 0.3) is 5.76 Å². The second-order valence-electron chi connectivity index (χ2n) is 7.43. The van der Waals surface area contributed by atoms with Gasteiger partial charge in [0, 0.05) is 64.6 Å². The Labute approximate surface area is 194 Å². The number of aromatic amines is 1. The first kappa shape index (κ1) is 22.2. The number of piperazine rings is 1. The molecule has 2 aliphatic rings. The molecule has 1 aromatic carbocycles. The molecule has 0 unspecified atom stereocenters. The SMILES string of the molecule is COC1=c2c(C(=O)C(=O)N3CCN(C(=O)c4ccccc4)C[C@H]3C)c[nH]c2=IN([O-])C=C1. The lowest BCUT2D eigenvalue weighted by atomic mass is 10.1. The number of aromatic nitrogens is 1. The largest absolute Gasteiger partial charge is 0.750 e. The van der Waals surface area contributed by atoms with Gasteiger partial charge in [0.05, 0.1) is 21.2 Å². The number of carbonyl (C=O) groups excluding carboxylic acids is 3. The van der Waals surface area contributed by atoms with Crippen LogP contribution < -0.4 is 5.22 Å². The van der Waals surface area contributed by atoms with Crippen LogP contribution in [0.4, 0.5) is 0 Å². The molecule has 2 aromatic rings. The van der Waals surface area contributed by atoms with Crippen molar-refractivity contribution in [2.45, 2.75) is 13.0 Å². The summed E-state index contributed by atoms with van der Waals surface area (Å²) in [6, 6.07) is 8.67. The Balaban J connectivity index is 1.55. The van der Waals surface area contributed by atoms with Crippen molar-refractivity contribution in [1.82, 2.24) is 18.1 Å². The summed E-state index contributed by atoms with van der Waals surface area (Å²) in [4.78, 5) is 45.2. The summed E-state index contributed by atoms with van der Waals surface area (Å²) in [5.74, 6) is -1.03. The molecule has 1 N–H and O–H groups in total. The Kier molecular flexibility index (Phi) is 6.42.